The molecule has 4 nitrogen and oxygen atoms in total. The van der Waals surface area contributed by atoms with E-state index in [1.54, 1.807) is 6.07 Å². The fraction of sp³-hybridized carbons (Fsp3) is 0.300. The van der Waals surface area contributed by atoms with E-state index in [2.05, 4.69) is 5.43 Å². The van der Waals surface area contributed by atoms with Gasteiger partial charge in [-0.05, 0) is 31.0 Å². The maximum atomic E-state index is 11.4. The molecule has 0 bridgehead atoms. The number of nitrogens with one attached hydrogen (secondary N) is 1. The van der Waals surface area contributed by atoms with Gasteiger partial charge >= 0.3 is 0 Å². The quantitative estimate of drug-likeness (QED) is 0.459. The lowest BCUT2D eigenvalue weighted by Crippen LogP contribution is -2.30. The molecule has 1 aromatic rings. The predicted molar refractivity (Wildman–Crippen MR) is 59.1 cm³/mol. The Kier molecular flexibility index (Phi) is 3.55. The van der Waals surface area contributed by atoms with E-state index in [9.17, 15) is 4.79 Å². The lowest BCUT2D eigenvalue weighted by molar-refractivity contribution is 0.0950. The molecule has 0 aliphatic rings. The lowest BCUT2D eigenvalue weighted by atomic mass is 10.0. The van der Waals surface area contributed by atoms with Crippen molar-refractivity contribution in [3.8, 4) is 5.75 Å². The van der Waals surface area contributed by atoms with Crippen LogP contribution < -0.4 is 16.0 Å². The molecule has 0 saturated carbocycles. The van der Waals surface area contributed by atoms with Gasteiger partial charge in [0.15, 0.2) is 5.75 Å². The highest BCUT2D eigenvalue weighted by Crippen LogP contribution is 2.33. The van der Waals surface area contributed by atoms with Crippen molar-refractivity contribution in [3.05, 3.63) is 27.8 Å². The number of amides is 1. The second-order valence-corrected chi connectivity index (χ2v) is 3.56. The Labute approximate surface area is 93.3 Å². The minimum atomic E-state index is -0.420. The van der Waals surface area contributed by atoms with Crippen molar-refractivity contribution in [2.45, 2.75) is 13.8 Å². The van der Waals surface area contributed by atoms with Gasteiger partial charge in [-0.25, -0.2) is 5.84 Å². The third-order valence-electron chi connectivity index (χ3n) is 2.31. The van der Waals surface area contributed by atoms with Crippen molar-refractivity contribution in [1.82, 2.24) is 5.43 Å². The molecule has 0 atom stereocenters. The van der Waals surface area contributed by atoms with E-state index in [0.29, 0.717) is 16.3 Å². The van der Waals surface area contributed by atoms with Crippen LogP contribution in [-0.4, -0.2) is 13.0 Å². The number of benzene rings is 1. The molecule has 0 spiro atoms. The Morgan fingerprint density at radius 1 is 1.53 bits per heavy atom. The third-order valence-corrected chi connectivity index (χ3v) is 2.76. The number of carbonyl (C=O) groups is 1. The molecule has 1 rings (SSSR count). The summed E-state index contributed by atoms with van der Waals surface area (Å²) in [4.78, 5) is 11.4. The molecule has 5 heteroatoms. The Morgan fingerprint density at radius 3 is 2.60 bits per heavy atom. The molecular formula is C10H13ClN2O2. The first-order valence-electron chi connectivity index (χ1n) is 4.37. The predicted octanol–water partition coefficient (Wildman–Crippen LogP) is 1.57. The summed E-state index contributed by atoms with van der Waals surface area (Å²) in [7, 11) is 1.46. The van der Waals surface area contributed by atoms with E-state index in [1.165, 1.54) is 7.11 Å². The van der Waals surface area contributed by atoms with Gasteiger partial charge in [-0.2, -0.15) is 0 Å². The minimum absolute atomic E-state index is 0.341. The van der Waals surface area contributed by atoms with E-state index >= 15 is 0 Å². The Hall–Kier alpha value is -1.26. The number of halogens is 1. The Balaban J connectivity index is 3.45. The van der Waals surface area contributed by atoms with Crippen LogP contribution in [0.15, 0.2) is 6.07 Å². The number of methoxy groups -OCH3 is 1. The van der Waals surface area contributed by atoms with Crippen LogP contribution in [0.3, 0.4) is 0 Å². The number of hydrazine groups is 1. The van der Waals surface area contributed by atoms with E-state index in [1.807, 2.05) is 13.8 Å². The number of aryl methyl sites for hydroxylation is 1. The molecule has 0 fully saturated rings. The van der Waals surface area contributed by atoms with Crippen LogP contribution >= 0.6 is 11.6 Å². The monoisotopic (exact) mass is 228 g/mol. The summed E-state index contributed by atoms with van der Waals surface area (Å²) >= 11 is 6.06. The van der Waals surface area contributed by atoms with Crippen LogP contribution in [0, 0.1) is 13.8 Å². The van der Waals surface area contributed by atoms with Gasteiger partial charge in [-0.15, -0.1) is 0 Å². The van der Waals surface area contributed by atoms with Crippen molar-refractivity contribution in [3.63, 3.8) is 0 Å². The molecule has 3 N–H and O–H groups in total. The largest absolute Gasteiger partial charge is 0.494 e. The van der Waals surface area contributed by atoms with Crippen LogP contribution in [0.5, 0.6) is 5.75 Å². The first-order valence-corrected chi connectivity index (χ1v) is 4.75. The first-order chi connectivity index (χ1) is 7.02. The molecule has 0 saturated heterocycles. The summed E-state index contributed by atoms with van der Waals surface area (Å²) in [5.74, 6) is 5.00. The maximum Gasteiger partial charge on any atom is 0.269 e. The summed E-state index contributed by atoms with van der Waals surface area (Å²) in [6, 6.07) is 1.70. The van der Waals surface area contributed by atoms with Crippen LogP contribution in [0.2, 0.25) is 5.02 Å². The zero-order chi connectivity index (χ0) is 11.6. The topological polar surface area (TPSA) is 64.3 Å². The maximum absolute atomic E-state index is 11.4. The van der Waals surface area contributed by atoms with E-state index in [0.717, 1.165) is 11.1 Å². The van der Waals surface area contributed by atoms with Gasteiger partial charge in [-0.3, -0.25) is 10.2 Å². The Bertz CT molecular complexity index is 405. The van der Waals surface area contributed by atoms with Gasteiger partial charge < -0.3 is 4.74 Å². The standard InChI is InChI=1S/C10H13ClN2O2/c1-5-4-7(10(14)13-12)9(15-3)8(11)6(5)2/h4H,12H2,1-3H3,(H,13,14). The van der Waals surface area contributed by atoms with E-state index in [4.69, 9.17) is 22.2 Å². The van der Waals surface area contributed by atoms with Gasteiger partial charge in [0.1, 0.15) is 0 Å². The van der Waals surface area contributed by atoms with Crippen molar-refractivity contribution in [2.24, 2.45) is 5.84 Å². The summed E-state index contributed by atoms with van der Waals surface area (Å²) in [6.45, 7) is 3.73. The Morgan fingerprint density at radius 2 is 2.13 bits per heavy atom. The molecule has 1 aromatic carbocycles. The molecule has 15 heavy (non-hydrogen) atoms. The fourth-order valence-corrected chi connectivity index (χ4v) is 1.63. The fourth-order valence-electron chi connectivity index (χ4n) is 1.30. The highest BCUT2D eigenvalue weighted by molar-refractivity contribution is 6.33. The van der Waals surface area contributed by atoms with Crippen molar-refractivity contribution in [1.29, 1.82) is 0 Å². The molecule has 0 aliphatic heterocycles. The second-order valence-electron chi connectivity index (χ2n) is 3.19. The summed E-state index contributed by atoms with van der Waals surface area (Å²) < 4.78 is 5.09. The summed E-state index contributed by atoms with van der Waals surface area (Å²) in [5, 5.41) is 0.441. The van der Waals surface area contributed by atoms with Crippen LogP contribution in [0.4, 0.5) is 0 Å². The second kappa shape index (κ2) is 4.51. The highest BCUT2D eigenvalue weighted by atomic mass is 35.5. The van der Waals surface area contributed by atoms with Crippen molar-refractivity contribution >= 4 is 17.5 Å². The highest BCUT2D eigenvalue weighted by Gasteiger charge is 2.17. The van der Waals surface area contributed by atoms with Gasteiger partial charge in [0.2, 0.25) is 0 Å². The third kappa shape index (κ3) is 2.06. The summed E-state index contributed by atoms with van der Waals surface area (Å²) in [5.41, 5.74) is 4.20. The van der Waals surface area contributed by atoms with Crippen molar-refractivity contribution in [2.75, 3.05) is 7.11 Å². The van der Waals surface area contributed by atoms with Gasteiger partial charge in [0, 0.05) is 0 Å². The number of carbonyl (C=O) groups excluding carboxylic acids is 1. The zero-order valence-electron chi connectivity index (χ0n) is 8.85. The van der Waals surface area contributed by atoms with Crippen LogP contribution in [0.1, 0.15) is 21.5 Å². The van der Waals surface area contributed by atoms with Gasteiger partial charge in [0.05, 0.1) is 17.7 Å². The first kappa shape index (κ1) is 11.8. The molecule has 0 aliphatic carbocycles. The molecule has 0 heterocycles. The average molecular weight is 229 g/mol. The molecule has 1 amide bonds. The van der Waals surface area contributed by atoms with Crippen molar-refractivity contribution < 1.29 is 9.53 Å². The lowest BCUT2D eigenvalue weighted by Gasteiger charge is -2.13. The number of nitrogen functional groups attached to an aromatic ring is 1. The van der Waals surface area contributed by atoms with Gasteiger partial charge in [-0.1, -0.05) is 11.6 Å². The summed E-state index contributed by atoms with van der Waals surface area (Å²) in [6.07, 6.45) is 0. The minimum Gasteiger partial charge on any atom is -0.494 e. The number of nitrogens with two attached hydrogens (primary N) is 1. The SMILES string of the molecule is COc1c(C(=O)NN)cc(C)c(C)c1Cl. The molecule has 0 aromatic heterocycles. The zero-order valence-corrected chi connectivity index (χ0v) is 9.61. The number of hydrogen-bond donors (Lipinski definition) is 2. The number of rotatable bonds is 2. The average Bonchev–Trinajstić information content (AvgIpc) is 2.24. The van der Waals surface area contributed by atoms with E-state index in [-0.39, 0.29) is 0 Å². The van der Waals surface area contributed by atoms with Crippen LogP contribution in [0.25, 0.3) is 0 Å². The molecular weight excluding hydrogens is 216 g/mol. The number of hydrogen-bond acceptors (Lipinski definition) is 3. The van der Waals surface area contributed by atoms with Crippen LogP contribution in [-0.2, 0) is 0 Å². The molecule has 0 unspecified atom stereocenters. The number of ether oxygens (including phenoxy) is 1. The molecule has 82 valence electrons. The molecule has 0 radical (unpaired) electrons. The normalized spacial score (nSPS) is 9.93. The van der Waals surface area contributed by atoms with E-state index < -0.39 is 5.91 Å². The smallest absolute Gasteiger partial charge is 0.269 e. The van der Waals surface area contributed by atoms with Gasteiger partial charge in [0.25, 0.3) is 5.91 Å².